The molecule has 0 saturated heterocycles. The Bertz CT molecular complexity index is 465. The van der Waals surface area contributed by atoms with Gasteiger partial charge in [-0.05, 0) is 33.0 Å². The maximum absolute atomic E-state index is 3.70. The molecule has 0 fully saturated rings. The largest absolute Gasteiger partial charge is 0.111 e. The molecule has 0 aliphatic rings. The van der Waals surface area contributed by atoms with Crippen molar-refractivity contribution in [2.45, 2.75) is 84.7 Å². The van der Waals surface area contributed by atoms with Gasteiger partial charge in [-0.25, -0.2) is 0 Å². The minimum Gasteiger partial charge on any atom is -0.111 e. The molecular weight excluding hydrogens is 346 g/mol. The van der Waals surface area contributed by atoms with Crippen LogP contribution in [-0.4, -0.2) is 5.33 Å². The third kappa shape index (κ3) is 4.12. The van der Waals surface area contributed by atoms with Gasteiger partial charge < -0.3 is 0 Å². The van der Waals surface area contributed by atoms with Crippen molar-refractivity contribution < 1.29 is 0 Å². The molecule has 0 amide bonds. The van der Waals surface area contributed by atoms with E-state index in [2.05, 4.69) is 78.2 Å². The molecule has 1 aromatic rings. The van der Waals surface area contributed by atoms with Crippen molar-refractivity contribution in [3.8, 4) is 0 Å². The maximum atomic E-state index is 3.70. The molecule has 0 radical (unpaired) electrons. The first kappa shape index (κ1) is 18.7. The maximum Gasteiger partial charge on any atom is 0.0105 e. The van der Waals surface area contributed by atoms with Gasteiger partial charge in [0.2, 0.25) is 0 Å². The van der Waals surface area contributed by atoms with Crippen LogP contribution in [0.1, 0.15) is 77.9 Å². The fourth-order valence-corrected chi connectivity index (χ4v) is 9.92. The van der Waals surface area contributed by atoms with Gasteiger partial charge in [-0.15, -0.1) is 7.53 Å². The summed E-state index contributed by atoms with van der Waals surface area (Å²) in [5.74, 6) is 0. The Balaban J connectivity index is 3.71. The predicted molar refractivity (Wildman–Crippen MR) is 102 cm³/mol. The Labute approximate surface area is 137 Å². The standard InChI is InChI=1S/C17H31BrP2/c1-15(2,3)12-13(16(4,5)6)20(11-10-18)14(19-12)17(7,8)9/h10-11H2,1-9H3. The SMILES string of the molecule is CC(C)(C)c1pc(C(C)(C)C)p(CCBr)c1C(C)(C)C. The fraction of sp³-hybridized carbons (Fsp3) is 0.824. The normalized spacial score (nSPS) is 15.2. The molecule has 1 atom stereocenters. The summed E-state index contributed by atoms with van der Waals surface area (Å²) < 4.78 is 0. The van der Waals surface area contributed by atoms with Crippen LogP contribution >= 0.6 is 31.7 Å². The lowest BCUT2D eigenvalue weighted by molar-refractivity contribution is 0.550. The number of hydrogen-bond donors (Lipinski definition) is 0. The molecule has 1 rings (SSSR count). The van der Waals surface area contributed by atoms with E-state index in [9.17, 15) is 0 Å². The zero-order valence-corrected chi connectivity index (χ0v) is 18.1. The van der Waals surface area contributed by atoms with Gasteiger partial charge in [0, 0.05) is 10.4 Å². The third-order valence-electron chi connectivity index (χ3n) is 3.37. The zero-order chi connectivity index (χ0) is 15.9. The molecule has 0 spiro atoms. The lowest BCUT2D eigenvalue weighted by Crippen LogP contribution is -2.18. The Morgan fingerprint density at radius 3 is 1.65 bits per heavy atom. The third-order valence-corrected chi connectivity index (χ3v) is 10.9. The van der Waals surface area contributed by atoms with Gasteiger partial charge in [-0.2, -0.15) is 0 Å². The zero-order valence-electron chi connectivity index (χ0n) is 14.7. The highest BCUT2D eigenvalue weighted by Crippen LogP contribution is 2.60. The Morgan fingerprint density at radius 1 is 0.850 bits per heavy atom. The lowest BCUT2D eigenvalue weighted by Gasteiger charge is -2.29. The van der Waals surface area contributed by atoms with Gasteiger partial charge in [0.25, 0.3) is 0 Å². The van der Waals surface area contributed by atoms with Crippen LogP contribution in [-0.2, 0) is 22.4 Å². The molecule has 1 aromatic heterocycles. The van der Waals surface area contributed by atoms with Crippen LogP contribution in [0, 0.1) is 0 Å². The van der Waals surface area contributed by atoms with Gasteiger partial charge in [-0.3, -0.25) is 0 Å². The fourth-order valence-electron chi connectivity index (χ4n) is 2.61. The minimum absolute atomic E-state index is 0.115. The van der Waals surface area contributed by atoms with E-state index in [1.165, 1.54) is 14.4 Å². The van der Waals surface area contributed by atoms with E-state index in [1.54, 1.807) is 15.6 Å². The molecule has 116 valence electrons. The summed E-state index contributed by atoms with van der Waals surface area (Å²) in [6.45, 7) is 21.5. The van der Waals surface area contributed by atoms with E-state index in [4.69, 9.17) is 0 Å². The van der Waals surface area contributed by atoms with E-state index < -0.39 is 0 Å². The summed E-state index contributed by atoms with van der Waals surface area (Å²) in [6.07, 6.45) is 1.29. The summed E-state index contributed by atoms with van der Waals surface area (Å²) >= 11 is 3.70. The molecule has 0 aromatic carbocycles. The average molecular weight is 377 g/mol. The predicted octanol–water partition coefficient (Wildman–Crippen LogP) is 7.54. The van der Waals surface area contributed by atoms with Gasteiger partial charge in [0.15, 0.2) is 0 Å². The smallest absolute Gasteiger partial charge is 0.0105 e. The van der Waals surface area contributed by atoms with Crippen molar-refractivity contribution >= 4 is 31.7 Å². The minimum atomic E-state index is -0.115. The van der Waals surface area contributed by atoms with Crippen molar-refractivity contribution in [3.05, 3.63) is 15.6 Å². The van der Waals surface area contributed by atoms with Crippen molar-refractivity contribution in [2.75, 3.05) is 5.33 Å². The molecule has 1 heterocycles. The molecule has 0 saturated carbocycles. The number of alkyl halides is 1. The van der Waals surface area contributed by atoms with Gasteiger partial charge in [0.05, 0.1) is 0 Å². The summed E-state index contributed by atoms with van der Waals surface area (Å²) in [6, 6.07) is 0. The molecular formula is C17H31BrP2. The van der Waals surface area contributed by atoms with Crippen LogP contribution in [0.3, 0.4) is 0 Å². The van der Waals surface area contributed by atoms with E-state index in [0.717, 1.165) is 5.33 Å². The summed E-state index contributed by atoms with van der Waals surface area (Å²) in [5.41, 5.74) is 0.888. The summed E-state index contributed by atoms with van der Waals surface area (Å²) in [5, 5.41) is 6.36. The highest BCUT2D eigenvalue weighted by molar-refractivity contribution is 9.09. The number of hydrogen-bond acceptors (Lipinski definition) is 0. The molecule has 0 aliphatic carbocycles. The number of rotatable bonds is 2. The summed E-state index contributed by atoms with van der Waals surface area (Å²) in [4.78, 5) is 0. The first-order valence-electron chi connectivity index (χ1n) is 7.48. The van der Waals surface area contributed by atoms with Crippen LogP contribution in [0.15, 0.2) is 0 Å². The molecule has 0 aliphatic heterocycles. The van der Waals surface area contributed by atoms with Crippen molar-refractivity contribution in [1.29, 1.82) is 0 Å². The van der Waals surface area contributed by atoms with Crippen molar-refractivity contribution in [1.82, 2.24) is 0 Å². The lowest BCUT2D eigenvalue weighted by atomic mass is 9.86. The molecule has 3 heteroatoms. The second-order valence-electron chi connectivity index (χ2n) is 8.72. The Kier molecular flexibility index (Phi) is 5.68. The topological polar surface area (TPSA) is 0 Å². The second-order valence-corrected chi connectivity index (χ2v) is 13.2. The van der Waals surface area contributed by atoms with Gasteiger partial charge >= 0.3 is 0 Å². The van der Waals surface area contributed by atoms with E-state index in [1.807, 2.05) is 0 Å². The van der Waals surface area contributed by atoms with Crippen molar-refractivity contribution in [3.63, 3.8) is 0 Å². The van der Waals surface area contributed by atoms with Crippen LogP contribution in [0.5, 0.6) is 0 Å². The quantitative estimate of drug-likeness (QED) is 0.467. The molecule has 0 N–H and O–H groups in total. The first-order chi connectivity index (χ1) is 8.80. The van der Waals surface area contributed by atoms with Gasteiger partial charge in [-0.1, -0.05) is 86.4 Å². The number of halogens is 1. The van der Waals surface area contributed by atoms with E-state index in [-0.39, 0.29) is 18.4 Å². The van der Waals surface area contributed by atoms with E-state index in [0.29, 0.717) is 5.41 Å². The van der Waals surface area contributed by atoms with Crippen LogP contribution in [0.2, 0.25) is 0 Å². The van der Waals surface area contributed by atoms with E-state index >= 15 is 0 Å². The van der Waals surface area contributed by atoms with Crippen LogP contribution < -0.4 is 0 Å². The molecule has 20 heavy (non-hydrogen) atoms. The molecule has 0 bridgehead atoms. The Morgan fingerprint density at radius 2 is 1.35 bits per heavy atom. The van der Waals surface area contributed by atoms with Crippen LogP contribution in [0.4, 0.5) is 0 Å². The second kappa shape index (κ2) is 6.06. The first-order valence-corrected chi connectivity index (χ1v) is 11.0. The van der Waals surface area contributed by atoms with Gasteiger partial charge in [0.1, 0.15) is 0 Å². The van der Waals surface area contributed by atoms with Crippen LogP contribution in [0.25, 0.3) is 0 Å². The molecule has 1 unspecified atom stereocenters. The highest BCUT2D eigenvalue weighted by Gasteiger charge is 2.34. The Hall–Kier alpha value is 0.690. The molecule has 0 nitrogen and oxygen atoms in total. The highest BCUT2D eigenvalue weighted by atomic mass is 79.9. The average Bonchev–Trinajstić information content (AvgIpc) is 2.55. The summed E-state index contributed by atoms with van der Waals surface area (Å²) in [7, 11) is 1.41. The monoisotopic (exact) mass is 376 g/mol. The van der Waals surface area contributed by atoms with Crippen molar-refractivity contribution in [2.24, 2.45) is 0 Å².